The summed E-state index contributed by atoms with van der Waals surface area (Å²) in [5.41, 5.74) is 1.55. The highest BCUT2D eigenvalue weighted by Crippen LogP contribution is 2.26. The fourth-order valence-corrected chi connectivity index (χ4v) is 4.44. The third kappa shape index (κ3) is 3.31. The summed E-state index contributed by atoms with van der Waals surface area (Å²) in [5, 5.41) is 3.11. The summed E-state index contributed by atoms with van der Waals surface area (Å²) in [6, 6.07) is 6.82. The van der Waals surface area contributed by atoms with E-state index in [4.69, 9.17) is 4.42 Å². The van der Waals surface area contributed by atoms with Crippen LogP contribution in [-0.2, 0) is 10.0 Å². The predicted molar refractivity (Wildman–Crippen MR) is 87.5 cm³/mol. The number of hydrogen-bond donors (Lipinski definition) is 1. The van der Waals surface area contributed by atoms with E-state index in [2.05, 4.69) is 10.3 Å². The Bertz CT molecular complexity index is 768. The van der Waals surface area contributed by atoms with Gasteiger partial charge in [0.15, 0.2) is 5.89 Å². The molecule has 1 aromatic carbocycles. The van der Waals surface area contributed by atoms with Gasteiger partial charge >= 0.3 is 0 Å². The van der Waals surface area contributed by atoms with Gasteiger partial charge in [-0.25, -0.2) is 13.4 Å². The Labute approximate surface area is 136 Å². The number of benzene rings is 1. The number of aromatic nitrogens is 1. The number of nitrogens with one attached hydrogen (secondary N) is 1. The van der Waals surface area contributed by atoms with E-state index in [9.17, 15) is 8.42 Å². The summed E-state index contributed by atoms with van der Waals surface area (Å²) in [7, 11) is -1.53. The van der Waals surface area contributed by atoms with E-state index in [1.54, 1.807) is 41.8 Å². The first-order valence-corrected chi connectivity index (χ1v) is 9.12. The van der Waals surface area contributed by atoms with Crippen molar-refractivity contribution in [3.8, 4) is 11.3 Å². The van der Waals surface area contributed by atoms with Crippen LogP contribution in [-0.4, -0.2) is 44.4 Å². The molecule has 0 aliphatic carbocycles. The lowest BCUT2D eigenvalue weighted by Gasteiger charge is -2.16. The molecule has 1 aromatic heterocycles. The number of sulfonamides is 1. The Balaban J connectivity index is 1.78. The molecule has 3 rings (SSSR count). The average Bonchev–Trinajstić information content (AvgIpc) is 3.17. The maximum Gasteiger partial charge on any atom is 0.243 e. The molecule has 2 heterocycles. The van der Waals surface area contributed by atoms with Crippen LogP contribution in [0.1, 0.15) is 12.3 Å². The van der Waals surface area contributed by atoms with Gasteiger partial charge in [0.05, 0.1) is 4.90 Å². The van der Waals surface area contributed by atoms with Crippen molar-refractivity contribution < 1.29 is 12.8 Å². The molecular formula is C16H21N3O3S. The molecule has 1 N–H and O–H groups in total. The van der Waals surface area contributed by atoms with E-state index < -0.39 is 10.0 Å². The first kappa shape index (κ1) is 16.2. The van der Waals surface area contributed by atoms with Crippen LogP contribution in [0.5, 0.6) is 0 Å². The minimum Gasteiger partial charge on any atom is -0.449 e. The van der Waals surface area contributed by atoms with Crippen LogP contribution in [0.4, 0.5) is 0 Å². The topological polar surface area (TPSA) is 75.4 Å². The monoisotopic (exact) mass is 335 g/mol. The van der Waals surface area contributed by atoms with Crippen molar-refractivity contribution >= 4 is 10.0 Å². The number of oxazole rings is 1. The third-order valence-electron chi connectivity index (χ3n) is 4.15. The SMILES string of the molecule is CNCC1CCN(S(=O)(=O)c2ccc(-c3coc(C)n3)cc2)C1. The van der Waals surface area contributed by atoms with Crippen LogP contribution in [0, 0.1) is 12.8 Å². The summed E-state index contributed by atoms with van der Waals surface area (Å²) in [6.07, 6.45) is 2.47. The molecule has 124 valence electrons. The Morgan fingerprint density at radius 1 is 1.35 bits per heavy atom. The van der Waals surface area contributed by atoms with Gasteiger partial charge in [-0.2, -0.15) is 4.31 Å². The normalized spacial score (nSPS) is 19.3. The Hall–Kier alpha value is -1.70. The summed E-state index contributed by atoms with van der Waals surface area (Å²) in [4.78, 5) is 4.57. The highest BCUT2D eigenvalue weighted by Gasteiger charge is 2.32. The number of aryl methyl sites for hydroxylation is 1. The van der Waals surface area contributed by atoms with E-state index in [1.165, 1.54) is 0 Å². The van der Waals surface area contributed by atoms with Gasteiger partial charge in [0, 0.05) is 25.6 Å². The molecule has 1 fully saturated rings. The van der Waals surface area contributed by atoms with Crippen LogP contribution in [0.2, 0.25) is 0 Å². The second-order valence-corrected chi connectivity index (χ2v) is 7.79. The zero-order valence-corrected chi connectivity index (χ0v) is 14.1. The summed E-state index contributed by atoms with van der Waals surface area (Å²) >= 11 is 0. The zero-order chi connectivity index (χ0) is 16.4. The Kier molecular flexibility index (Phi) is 4.52. The van der Waals surface area contributed by atoms with Gasteiger partial charge in [-0.3, -0.25) is 0 Å². The average molecular weight is 335 g/mol. The quantitative estimate of drug-likeness (QED) is 0.903. The van der Waals surface area contributed by atoms with Crippen molar-refractivity contribution in [3.63, 3.8) is 0 Å². The summed E-state index contributed by atoms with van der Waals surface area (Å²) in [6.45, 7) is 3.78. The van der Waals surface area contributed by atoms with Gasteiger partial charge < -0.3 is 9.73 Å². The standard InChI is InChI=1S/C16H21N3O3S/c1-12-18-16(11-22-12)14-3-5-15(6-4-14)23(20,21)19-8-7-13(10-19)9-17-2/h3-6,11,13,17H,7-10H2,1-2H3. The Morgan fingerprint density at radius 3 is 2.70 bits per heavy atom. The predicted octanol–water partition coefficient (Wildman–Crippen LogP) is 1.88. The highest BCUT2D eigenvalue weighted by molar-refractivity contribution is 7.89. The smallest absolute Gasteiger partial charge is 0.243 e. The zero-order valence-electron chi connectivity index (χ0n) is 13.3. The fourth-order valence-electron chi connectivity index (χ4n) is 2.91. The first-order chi connectivity index (χ1) is 11.0. The number of rotatable bonds is 5. The molecule has 23 heavy (non-hydrogen) atoms. The van der Waals surface area contributed by atoms with E-state index in [-0.39, 0.29) is 0 Å². The Morgan fingerprint density at radius 2 is 2.09 bits per heavy atom. The van der Waals surface area contributed by atoms with Crippen molar-refractivity contribution in [2.75, 3.05) is 26.7 Å². The van der Waals surface area contributed by atoms with E-state index >= 15 is 0 Å². The minimum absolute atomic E-state index is 0.326. The molecule has 0 amide bonds. The maximum absolute atomic E-state index is 12.7. The molecule has 1 atom stereocenters. The van der Waals surface area contributed by atoms with Crippen molar-refractivity contribution in [2.24, 2.45) is 5.92 Å². The number of nitrogens with zero attached hydrogens (tertiary/aromatic N) is 2. The second kappa shape index (κ2) is 6.43. The van der Waals surface area contributed by atoms with Crippen molar-refractivity contribution in [1.82, 2.24) is 14.6 Å². The van der Waals surface area contributed by atoms with E-state index in [1.807, 2.05) is 7.05 Å². The fraction of sp³-hybridized carbons (Fsp3) is 0.438. The molecule has 0 radical (unpaired) electrons. The van der Waals surface area contributed by atoms with Crippen LogP contribution < -0.4 is 5.32 Å². The second-order valence-electron chi connectivity index (χ2n) is 5.85. The molecule has 0 saturated carbocycles. The van der Waals surface area contributed by atoms with E-state index in [0.29, 0.717) is 35.5 Å². The molecule has 0 spiro atoms. The lowest BCUT2D eigenvalue weighted by atomic mass is 10.1. The van der Waals surface area contributed by atoms with Crippen LogP contribution in [0.15, 0.2) is 39.8 Å². The van der Waals surface area contributed by atoms with Gasteiger partial charge in [-0.1, -0.05) is 12.1 Å². The van der Waals surface area contributed by atoms with Crippen molar-refractivity contribution in [3.05, 3.63) is 36.4 Å². The minimum atomic E-state index is -3.42. The maximum atomic E-state index is 12.7. The molecule has 6 nitrogen and oxygen atoms in total. The van der Waals surface area contributed by atoms with Crippen molar-refractivity contribution in [1.29, 1.82) is 0 Å². The van der Waals surface area contributed by atoms with Gasteiger partial charge in [0.2, 0.25) is 10.0 Å². The van der Waals surface area contributed by atoms with E-state index in [0.717, 1.165) is 18.5 Å². The lowest BCUT2D eigenvalue weighted by Crippen LogP contribution is -2.30. The third-order valence-corrected chi connectivity index (χ3v) is 6.03. The largest absolute Gasteiger partial charge is 0.449 e. The molecule has 1 saturated heterocycles. The van der Waals surface area contributed by atoms with Crippen LogP contribution in [0.3, 0.4) is 0 Å². The first-order valence-electron chi connectivity index (χ1n) is 7.68. The molecule has 1 aliphatic heterocycles. The molecule has 0 bridgehead atoms. The van der Waals surface area contributed by atoms with Crippen LogP contribution in [0.25, 0.3) is 11.3 Å². The van der Waals surface area contributed by atoms with Crippen molar-refractivity contribution in [2.45, 2.75) is 18.2 Å². The van der Waals surface area contributed by atoms with Gasteiger partial charge in [0.1, 0.15) is 12.0 Å². The number of hydrogen-bond acceptors (Lipinski definition) is 5. The molecule has 1 aliphatic rings. The molecule has 2 aromatic rings. The summed E-state index contributed by atoms with van der Waals surface area (Å²) in [5.74, 6) is 0.969. The van der Waals surface area contributed by atoms with Crippen LogP contribution >= 0.6 is 0 Å². The molecule has 7 heteroatoms. The van der Waals surface area contributed by atoms with Gasteiger partial charge in [-0.05, 0) is 38.1 Å². The molecule has 1 unspecified atom stereocenters. The molecular weight excluding hydrogens is 314 g/mol. The summed E-state index contributed by atoms with van der Waals surface area (Å²) < 4.78 is 32.2. The van der Waals surface area contributed by atoms with Gasteiger partial charge in [-0.15, -0.1) is 0 Å². The highest BCUT2D eigenvalue weighted by atomic mass is 32.2. The van der Waals surface area contributed by atoms with Gasteiger partial charge in [0.25, 0.3) is 0 Å². The lowest BCUT2D eigenvalue weighted by molar-refractivity contribution is 0.451.